The minimum atomic E-state index is -1.35. The lowest BCUT2D eigenvalue weighted by molar-refractivity contribution is -0.132. The highest BCUT2D eigenvalue weighted by Crippen LogP contribution is 1.93. The summed E-state index contributed by atoms with van der Waals surface area (Å²) in [5.74, 6) is -1.73. The lowest BCUT2D eigenvalue weighted by atomic mass is 10.2. The molecule has 0 aromatic rings. The van der Waals surface area contributed by atoms with Crippen molar-refractivity contribution in [1.82, 2.24) is 10.6 Å². The molecule has 0 aliphatic carbocycles. The molecule has 0 unspecified atom stereocenters. The fourth-order valence-electron chi connectivity index (χ4n) is 1.01. The van der Waals surface area contributed by atoms with E-state index in [1.165, 1.54) is 0 Å². The van der Waals surface area contributed by atoms with Crippen LogP contribution in [0.15, 0.2) is 0 Å². The number of nitrogens with one attached hydrogen (secondary N) is 2. The molecule has 2 amide bonds. The predicted octanol–water partition coefficient (Wildman–Crippen LogP) is -4.28. The van der Waals surface area contributed by atoms with Crippen LogP contribution in [-0.4, -0.2) is 70.2 Å². The summed E-state index contributed by atoms with van der Waals surface area (Å²) in [7, 11) is 0. The van der Waals surface area contributed by atoms with Crippen LogP contribution in [0.5, 0.6) is 0 Å². The smallest absolute Gasteiger partial charge is 0.245 e. The number of carbonyl (C=O) groups excluding carboxylic acids is 3. The van der Waals surface area contributed by atoms with Gasteiger partial charge in [-0.2, -0.15) is 0 Å². The van der Waals surface area contributed by atoms with E-state index in [4.69, 9.17) is 21.1 Å². The van der Waals surface area contributed by atoms with E-state index in [0.717, 1.165) is 0 Å². The number of aliphatic hydroxyl groups excluding tert-OH is 3. The Balaban J connectivity index is 4.56. The van der Waals surface area contributed by atoms with Crippen LogP contribution >= 0.6 is 12.6 Å². The molecule has 3 atom stereocenters. The summed E-state index contributed by atoms with van der Waals surface area (Å²) >= 11 is 3.45. The standard InChI is InChI=1S/C9H17N3O6S/c10-4(1-13)7(16)11-5(2-14)8(17)12-6(3-15)9(18)19/h4-6,13-15H,1-3,10H2,(H,11,16)(H,12,17)(H,18,19)/t4-,5-,6-/m0/s1. The van der Waals surface area contributed by atoms with Crippen molar-refractivity contribution in [1.29, 1.82) is 0 Å². The Hall–Kier alpha value is -1.20. The van der Waals surface area contributed by atoms with E-state index < -0.39 is 54.9 Å². The SMILES string of the molecule is N[C@@H](CO)C(=O)N[C@@H](CO)C(=O)N[C@@H](CO)C(=O)S. The molecule has 7 N–H and O–H groups in total. The van der Waals surface area contributed by atoms with Gasteiger partial charge in [-0.3, -0.25) is 14.4 Å². The maximum Gasteiger partial charge on any atom is 0.245 e. The Morgan fingerprint density at radius 1 is 0.947 bits per heavy atom. The second kappa shape index (κ2) is 8.82. The average molecular weight is 295 g/mol. The van der Waals surface area contributed by atoms with Gasteiger partial charge in [-0.05, 0) is 0 Å². The molecule has 0 aliphatic rings. The second-order valence-electron chi connectivity index (χ2n) is 3.61. The molecule has 0 fully saturated rings. The zero-order valence-corrected chi connectivity index (χ0v) is 10.8. The van der Waals surface area contributed by atoms with Crippen LogP contribution in [0, 0.1) is 0 Å². The van der Waals surface area contributed by atoms with E-state index in [1.807, 2.05) is 0 Å². The van der Waals surface area contributed by atoms with Crippen molar-refractivity contribution in [2.45, 2.75) is 18.1 Å². The van der Waals surface area contributed by atoms with Crippen LogP contribution in [0.3, 0.4) is 0 Å². The van der Waals surface area contributed by atoms with Gasteiger partial charge in [0.15, 0.2) is 0 Å². The molecular weight excluding hydrogens is 278 g/mol. The third-order valence-corrected chi connectivity index (χ3v) is 2.46. The van der Waals surface area contributed by atoms with Crippen molar-refractivity contribution < 1.29 is 29.7 Å². The normalized spacial score (nSPS) is 15.2. The maximum absolute atomic E-state index is 11.6. The van der Waals surface area contributed by atoms with Gasteiger partial charge >= 0.3 is 0 Å². The average Bonchev–Trinajstić information content (AvgIpc) is 2.39. The van der Waals surface area contributed by atoms with Gasteiger partial charge in [0.25, 0.3) is 0 Å². The van der Waals surface area contributed by atoms with Crippen LogP contribution in [0.1, 0.15) is 0 Å². The molecule has 0 saturated heterocycles. The fraction of sp³-hybridized carbons (Fsp3) is 0.667. The Bertz CT molecular complexity index is 340. The van der Waals surface area contributed by atoms with E-state index in [1.54, 1.807) is 0 Å². The summed E-state index contributed by atoms with van der Waals surface area (Å²) in [5, 5.41) is 29.8. The van der Waals surface area contributed by atoms with Gasteiger partial charge in [0.2, 0.25) is 16.9 Å². The molecule has 0 rings (SSSR count). The summed E-state index contributed by atoms with van der Waals surface area (Å²) in [5.41, 5.74) is 5.21. The van der Waals surface area contributed by atoms with Gasteiger partial charge in [0.05, 0.1) is 19.8 Å². The summed E-state index contributed by atoms with van der Waals surface area (Å²) in [6.07, 6.45) is 0. The number of rotatable bonds is 8. The van der Waals surface area contributed by atoms with Crippen LogP contribution in [-0.2, 0) is 14.4 Å². The van der Waals surface area contributed by atoms with Crippen LogP contribution in [0.2, 0.25) is 0 Å². The number of hydrogen-bond acceptors (Lipinski definition) is 7. The van der Waals surface area contributed by atoms with Gasteiger partial charge in [-0.25, -0.2) is 0 Å². The Kier molecular flexibility index (Phi) is 8.27. The lowest BCUT2D eigenvalue weighted by Crippen LogP contribution is -2.56. The highest BCUT2D eigenvalue weighted by molar-refractivity contribution is 7.96. The predicted molar refractivity (Wildman–Crippen MR) is 67.1 cm³/mol. The topological polar surface area (TPSA) is 162 Å². The van der Waals surface area contributed by atoms with Gasteiger partial charge < -0.3 is 31.7 Å². The molecule has 0 spiro atoms. The molecule has 0 aliphatic heterocycles. The Labute approximate surface area is 114 Å². The van der Waals surface area contributed by atoms with Gasteiger partial charge in [0.1, 0.15) is 18.1 Å². The largest absolute Gasteiger partial charge is 0.394 e. The van der Waals surface area contributed by atoms with Gasteiger partial charge in [-0.1, -0.05) is 0 Å². The number of amides is 2. The molecule has 0 saturated carbocycles. The maximum atomic E-state index is 11.6. The van der Waals surface area contributed by atoms with Crippen LogP contribution < -0.4 is 16.4 Å². The highest BCUT2D eigenvalue weighted by Gasteiger charge is 2.26. The van der Waals surface area contributed by atoms with Crippen molar-refractivity contribution in [2.75, 3.05) is 19.8 Å². The lowest BCUT2D eigenvalue weighted by Gasteiger charge is -2.20. The fourth-order valence-corrected chi connectivity index (χ4v) is 1.16. The van der Waals surface area contributed by atoms with Crippen molar-refractivity contribution in [3.63, 3.8) is 0 Å². The molecule has 0 bridgehead atoms. The molecule has 19 heavy (non-hydrogen) atoms. The first kappa shape index (κ1) is 17.8. The van der Waals surface area contributed by atoms with Crippen molar-refractivity contribution >= 4 is 29.6 Å². The van der Waals surface area contributed by atoms with E-state index in [2.05, 4.69) is 23.3 Å². The van der Waals surface area contributed by atoms with Crippen molar-refractivity contribution in [3.05, 3.63) is 0 Å². The molecule has 0 aromatic heterocycles. The van der Waals surface area contributed by atoms with E-state index in [9.17, 15) is 14.4 Å². The van der Waals surface area contributed by atoms with Gasteiger partial charge in [-0.15, -0.1) is 12.6 Å². The van der Waals surface area contributed by atoms with E-state index in [-0.39, 0.29) is 0 Å². The third kappa shape index (κ3) is 5.98. The number of thiol groups is 1. The Morgan fingerprint density at radius 3 is 1.79 bits per heavy atom. The number of nitrogens with two attached hydrogens (primary N) is 1. The quantitative estimate of drug-likeness (QED) is 0.223. The van der Waals surface area contributed by atoms with Crippen LogP contribution in [0.25, 0.3) is 0 Å². The van der Waals surface area contributed by atoms with E-state index >= 15 is 0 Å². The number of aliphatic hydroxyl groups is 3. The first-order valence-corrected chi connectivity index (χ1v) is 5.73. The molecular formula is C9H17N3O6S. The molecule has 110 valence electrons. The first-order valence-electron chi connectivity index (χ1n) is 5.29. The monoisotopic (exact) mass is 295 g/mol. The molecule has 0 heterocycles. The minimum Gasteiger partial charge on any atom is -0.394 e. The van der Waals surface area contributed by atoms with Crippen molar-refractivity contribution in [3.8, 4) is 0 Å². The van der Waals surface area contributed by atoms with Gasteiger partial charge in [0, 0.05) is 0 Å². The number of carbonyl (C=O) groups is 3. The zero-order chi connectivity index (χ0) is 15.0. The third-order valence-electron chi connectivity index (χ3n) is 2.15. The second-order valence-corrected chi connectivity index (χ2v) is 4.06. The minimum absolute atomic E-state index is 0.625. The van der Waals surface area contributed by atoms with E-state index in [0.29, 0.717) is 0 Å². The number of hydrogen-bond donors (Lipinski definition) is 7. The summed E-state index contributed by atoms with van der Waals surface area (Å²) in [6.45, 7) is -2.04. The summed E-state index contributed by atoms with van der Waals surface area (Å²) in [6, 6.07) is -3.83. The van der Waals surface area contributed by atoms with Crippen LogP contribution in [0.4, 0.5) is 0 Å². The Morgan fingerprint density at radius 2 is 1.42 bits per heavy atom. The first-order chi connectivity index (χ1) is 8.87. The summed E-state index contributed by atoms with van der Waals surface area (Å²) in [4.78, 5) is 33.8. The highest BCUT2D eigenvalue weighted by atomic mass is 32.1. The molecule has 9 nitrogen and oxygen atoms in total. The van der Waals surface area contributed by atoms with Crippen molar-refractivity contribution in [2.24, 2.45) is 5.73 Å². The zero-order valence-electron chi connectivity index (χ0n) is 9.94. The molecule has 10 heteroatoms. The molecule has 0 aromatic carbocycles. The molecule has 0 radical (unpaired) electrons. The summed E-state index contributed by atoms with van der Waals surface area (Å²) < 4.78 is 0.